The summed E-state index contributed by atoms with van der Waals surface area (Å²) in [6.45, 7) is 0.607. The minimum Gasteiger partial charge on any atom is -0.391 e. The fourth-order valence-electron chi connectivity index (χ4n) is 3.90. The summed E-state index contributed by atoms with van der Waals surface area (Å²) in [5.74, 6) is -0.0235. The number of benzene rings is 1. The van der Waals surface area contributed by atoms with E-state index >= 15 is 0 Å². The number of rotatable bonds is 2. The van der Waals surface area contributed by atoms with Crippen LogP contribution in [-0.4, -0.2) is 52.8 Å². The van der Waals surface area contributed by atoms with E-state index in [1.165, 1.54) is 16.1 Å². The van der Waals surface area contributed by atoms with E-state index in [4.69, 9.17) is 0 Å². The van der Waals surface area contributed by atoms with Gasteiger partial charge in [0.15, 0.2) is 0 Å². The second kappa shape index (κ2) is 5.15. The van der Waals surface area contributed by atoms with E-state index in [2.05, 4.69) is 21.7 Å². The monoisotopic (exact) mass is 333 g/mol. The van der Waals surface area contributed by atoms with Crippen molar-refractivity contribution in [1.29, 1.82) is 0 Å². The molecule has 1 aromatic heterocycles. The van der Waals surface area contributed by atoms with Crippen LogP contribution in [0.1, 0.15) is 18.0 Å². The molecule has 1 saturated heterocycles. The maximum atomic E-state index is 11.7. The molecule has 1 fully saturated rings. The van der Waals surface area contributed by atoms with E-state index in [1.54, 1.807) is 6.33 Å². The zero-order valence-corrected chi connectivity index (χ0v) is 13.6. The van der Waals surface area contributed by atoms with Gasteiger partial charge >= 0.3 is 0 Å². The number of aliphatic hydroxyl groups excluding tert-OH is 1. The molecule has 122 valence electrons. The van der Waals surface area contributed by atoms with Gasteiger partial charge in [-0.1, -0.05) is 24.3 Å². The molecule has 0 spiro atoms. The zero-order chi connectivity index (χ0) is 16.2. The van der Waals surface area contributed by atoms with Gasteiger partial charge in [0.2, 0.25) is 10.0 Å². The molecule has 0 aliphatic carbocycles. The highest BCUT2D eigenvalue weighted by atomic mass is 32.2. The topological polar surface area (TPSA) is 75.4 Å². The lowest BCUT2D eigenvalue weighted by molar-refractivity contribution is 0.0345. The van der Waals surface area contributed by atoms with Crippen molar-refractivity contribution in [2.24, 2.45) is 5.92 Å². The largest absolute Gasteiger partial charge is 0.391 e. The van der Waals surface area contributed by atoms with Crippen molar-refractivity contribution in [3.8, 4) is 11.3 Å². The first-order chi connectivity index (χ1) is 11.0. The van der Waals surface area contributed by atoms with E-state index in [9.17, 15) is 13.5 Å². The number of piperidine rings is 1. The first kappa shape index (κ1) is 14.9. The Labute approximate surface area is 135 Å². The summed E-state index contributed by atoms with van der Waals surface area (Å²) >= 11 is 0. The molecule has 3 heterocycles. The van der Waals surface area contributed by atoms with Crippen molar-refractivity contribution in [3.05, 3.63) is 42.4 Å². The van der Waals surface area contributed by atoms with Crippen molar-refractivity contribution in [2.75, 3.05) is 19.3 Å². The number of nitrogens with zero attached hydrogens (tertiary/aromatic N) is 3. The van der Waals surface area contributed by atoms with Crippen LogP contribution in [0, 0.1) is 5.92 Å². The molecule has 4 rings (SSSR count). The molecule has 23 heavy (non-hydrogen) atoms. The summed E-state index contributed by atoms with van der Waals surface area (Å²) in [7, 11) is -3.26. The van der Waals surface area contributed by atoms with Gasteiger partial charge in [0, 0.05) is 24.6 Å². The average molecular weight is 333 g/mol. The molecule has 0 saturated carbocycles. The Morgan fingerprint density at radius 1 is 1.30 bits per heavy atom. The van der Waals surface area contributed by atoms with E-state index in [-0.39, 0.29) is 18.5 Å². The molecule has 2 aromatic rings. The second-order valence-electron chi connectivity index (χ2n) is 6.36. The van der Waals surface area contributed by atoms with Gasteiger partial charge < -0.3 is 9.67 Å². The van der Waals surface area contributed by atoms with E-state index in [0.29, 0.717) is 13.0 Å². The van der Waals surface area contributed by atoms with Crippen LogP contribution in [0.5, 0.6) is 0 Å². The molecular formula is C16H19N3O3S. The van der Waals surface area contributed by atoms with Gasteiger partial charge in [0.1, 0.15) is 0 Å². The molecule has 2 aliphatic heterocycles. The second-order valence-corrected chi connectivity index (χ2v) is 8.34. The Balaban J connectivity index is 1.70. The van der Waals surface area contributed by atoms with Gasteiger partial charge in [-0.25, -0.2) is 13.4 Å². The van der Waals surface area contributed by atoms with Crippen LogP contribution >= 0.6 is 0 Å². The van der Waals surface area contributed by atoms with Gasteiger partial charge in [0.25, 0.3) is 0 Å². The van der Waals surface area contributed by atoms with Gasteiger partial charge in [-0.05, 0) is 12.0 Å². The summed E-state index contributed by atoms with van der Waals surface area (Å²) in [5.41, 5.74) is 3.39. The van der Waals surface area contributed by atoms with Crippen LogP contribution in [0.15, 0.2) is 36.8 Å². The first-order valence-corrected chi connectivity index (χ1v) is 9.56. The molecule has 0 bridgehead atoms. The van der Waals surface area contributed by atoms with Crippen LogP contribution in [0.2, 0.25) is 0 Å². The van der Waals surface area contributed by atoms with Gasteiger partial charge in [-0.2, -0.15) is 4.31 Å². The molecule has 0 radical (unpaired) electrons. The van der Waals surface area contributed by atoms with Crippen LogP contribution in [0.3, 0.4) is 0 Å². The fourth-order valence-corrected chi connectivity index (χ4v) is 4.76. The van der Waals surface area contributed by atoms with E-state index in [1.807, 2.05) is 18.3 Å². The molecule has 2 aliphatic rings. The van der Waals surface area contributed by atoms with Gasteiger partial charge in [-0.15, -0.1) is 0 Å². The summed E-state index contributed by atoms with van der Waals surface area (Å²) in [6, 6.07) is 8.18. The predicted octanol–water partition coefficient (Wildman–Crippen LogP) is 1.10. The van der Waals surface area contributed by atoms with Crippen LogP contribution in [0.4, 0.5) is 0 Å². The third-order valence-corrected chi connectivity index (χ3v) is 6.26. The lowest BCUT2D eigenvalue weighted by atomic mass is 9.84. The third kappa shape index (κ3) is 2.31. The van der Waals surface area contributed by atoms with Gasteiger partial charge in [0.05, 0.1) is 36.6 Å². The van der Waals surface area contributed by atoms with Crippen LogP contribution < -0.4 is 0 Å². The Morgan fingerprint density at radius 3 is 2.83 bits per heavy atom. The smallest absolute Gasteiger partial charge is 0.211 e. The van der Waals surface area contributed by atoms with Crippen LogP contribution in [0.25, 0.3) is 11.3 Å². The highest BCUT2D eigenvalue weighted by Crippen LogP contribution is 2.45. The minimum atomic E-state index is -3.26. The van der Waals surface area contributed by atoms with E-state index in [0.717, 1.165) is 11.3 Å². The Hall–Kier alpha value is -1.70. The van der Waals surface area contributed by atoms with Crippen molar-refractivity contribution in [2.45, 2.75) is 18.6 Å². The lowest BCUT2D eigenvalue weighted by Gasteiger charge is -2.38. The predicted molar refractivity (Wildman–Crippen MR) is 86.3 cm³/mol. The molecule has 6 nitrogen and oxygen atoms in total. The Morgan fingerprint density at radius 2 is 2.09 bits per heavy atom. The normalized spacial score (nSPS) is 27.7. The molecule has 2 unspecified atom stereocenters. The third-order valence-electron chi connectivity index (χ3n) is 4.99. The average Bonchev–Trinajstić information content (AvgIpc) is 3.07. The van der Waals surface area contributed by atoms with Gasteiger partial charge in [-0.3, -0.25) is 0 Å². The molecular weight excluding hydrogens is 314 g/mol. The van der Waals surface area contributed by atoms with Crippen LogP contribution in [-0.2, 0) is 10.0 Å². The molecule has 1 aromatic carbocycles. The van der Waals surface area contributed by atoms with Crippen molar-refractivity contribution in [1.82, 2.24) is 13.9 Å². The number of aliphatic hydroxyl groups is 1. The van der Waals surface area contributed by atoms with Crippen molar-refractivity contribution < 1.29 is 13.5 Å². The molecule has 1 N–H and O–H groups in total. The summed E-state index contributed by atoms with van der Waals surface area (Å²) in [5, 5.41) is 10.6. The molecule has 7 heteroatoms. The molecule has 3 atom stereocenters. The number of fused-ring (bicyclic) bond motifs is 3. The quantitative estimate of drug-likeness (QED) is 0.893. The number of hydrogen-bond acceptors (Lipinski definition) is 4. The number of aromatic nitrogens is 2. The first-order valence-electron chi connectivity index (χ1n) is 7.71. The Kier molecular flexibility index (Phi) is 3.33. The number of β-amino-alcohol motifs (C(OH)–C–C–N with tert-alkyl or cyclic N) is 1. The highest BCUT2D eigenvalue weighted by Gasteiger charge is 2.41. The molecule has 0 amide bonds. The number of imidazole rings is 1. The summed E-state index contributed by atoms with van der Waals surface area (Å²) < 4.78 is 26.9. The summed E-state index contributed by atoms with van der Waals surface area (Å²) in [4.78, 5) is 4.24. The summed E-state index contributed by atoms with van der Waals surface area (Å²) in [6.07, 6.45) is 4.78. The lowest BCUT2D eigenvalue weighted by Crippen LogP contribution is -2.48. The number of sulfonamides is 1. The maximum Gasteiger partial charge on any atom is 0.211 e. The minimum absolute atomic E-state index is 0.0143. The maximum absolute atomic E-state index is 11.7. The highest BCUT2D eigenvalue weighted by molar-refractivity contribution is 7.88. The fraction of sp³-hybridized carbons (Fsp3) is 0.438. The standard InChI is InChI=1S/C16H19N3O3S/c1-23(21,22)18-7-6-13(15(20)9-18)16-12-5-3-2-4-11(12)14-8-17-10-19(14)16/h2-5,8,10,13,15-16,20H,6-7,9H2,1H3/t13?,15?,16-/m0/s1. The van der Waals surface area contributed by atoms with Crippen molar-refractivity contribution in [3.63, 3.8) is 0 Å². The van der Waals surface area contributed by atoms with Crippen molar-refractivity contribution >= 4 is 10.0 Å². The SMILES string of the molecule is CS(=O)(=O)N1CCC([C@@H]2c3ccccc3-c3cncn32)C(O)C1. The number of hydrogen-bond donors (Lipinski definition) is 1. The Bertz CT molecular complexity index is 846. The van der Waals surface area contributed by atoms with E-state index < -0.39 is 16.1 Å². The zero-order valence-electron chi connectivity index (χ0n) is 12.8.